The molecule has 0 saturated heterocycles. The Labute approximate surface area is 122 Å². The molecule has 7 heteroatoms. The Morgan fingerprint density at radius 2 is 1.81 bits per heavy atom. The van der Waals surface area contributed by atoms with Crippen molar-refractivity contribution in [3.63, 3.8) is 0 Å². The third-order valence-corrected chi connectivity index (χ3v) is 4.58. The van der Waals surface area contributed by atoms with E-state index in [1.165, 1.54) is 37.0 Å². The van der Waals surface area contributed by atoms with Crippen LogP contribution in [0.15, 0.2) is 46.3 Å². The second-order valence-corrected chi connectivity index (χ2v) is 6.55. The van der Waals surface area contributed by atoms with E-state index in [1.807, 2.05) is 0 Å². The topological polar surface area (TPSA) is 86.1 Å². The van der Waals surface area contributed by atoms with E-state index >= 15 is 0 Å². The summed E-state index contributed by atoms with van der Waals surface area (Å²) in [4.78, 5) is 23.0. The average Bonchev–Trinajstić information content (AvgIpc) is 2.82. The van der Waals surface area contributed by atoms with Crippen molar-refractivity contribution in [2.24, 2.45) is 7.05 Å². The molecular weight excluding hydrogens is 292 g/mol. The molecule has 21 heavy (non-hydrogen) atoms. The molecule has 0 unspecified atom stereocenters. The van der Waals surface area contributed by atoms with Gasteiger partial charge >= 0.3 is 0 Å². The van der Waals surface area contributed by atoms with E-state index in [4.69, 9.17) is 0 Å². The summed E-state index contributed by atoms with van der Waals surface area (Å²) >= 11 is 0. The van der Waals surface area contributed by atoms with Gasteiger partial charge in [0.05, 0.1) is 11.3 Å². The molecular formula is C14H14N2O4S. The van der Waals surface area contributed by atoms with Crippen molar-refractivity contribution >= 4 is 21.4 Å². The van der Waals surface area contributed by atoms with Crippen LogP contribution < -0.4 is 0 Å². The Morgan fingerprint density at radius 3 is 2.38 bits per heavy atom. The molecule has 1 heterocycles. The maximum absolute atomic E-state index is 12.6. The van der Waals surface area contributed by atoms with Crippen LogP contribution in [0.4, 0.5) is 0 Å². The van der Waals surface area contributed by atoms with Crippen LogP contribution in [-0.4, -0.2) is 29.8 Å². The first-order valence-electron chi connectivity index (χ1n) is 6.19. The standard InChI is InChI=1S/C14H14N2O4S/c1-10(17)8-12(18)14-13(9-16(2)15-14)21(19,20)11-6-4-3-5-7-11/h3-7,9H,8H2,1-2H3. The zero-order valence-corrected chi connectivity index (χ0v) is 12.4. The Balaban J connectivity index is 2.55. The van der Waals surface area contributed by atoms with Gasteiger partial charge in [-0.05, 0) is 19.1 Å². The number of Topliss-reactive ketones (excluding diaryl/α,β-unsaturated/α-hetero) is 2. The van der Waals surface area contributed by atoms with Gasteiger partial charge in [-0.25, -0.2) is 8.42 Å². The lowest BCUT2D eigenvalue weighted by Gasteiger charge is -2.03. The van der Waals surface area contributed by atoms with Crippen LogP contribution in [-0.2, 0) is 21.7 Å². The second-order valence-electron chi connectivity index (χ2n) is 4.63. The number of aromatic nitrogens is 2. The Morgan fingerprint density at radius 1 is 1.19 bits per heavy atom. The number of ketones is 2. The van der Waals surface area contributed by atoms with Gasteiger partial charge in [0, 0.05) is 13.2 Å². The molecule has 0 radical (unpaired) electrons. The van der Waals surface area contributed by atoms with Crippen molar-refractivity contribution in [2.75, 3.05) is 0 Å². The molecule has 0 aliphatic rings. The first kappa shape index (κ1) is 15.1. The largest absolute Gasteiger partial charge is 0.300 e. The number of aryl methyl sites for hydroxylation is 1. The predicted molar refractivity (Wildman–Crippen MR) is 74.7 cm³/mol. The Hall–Kier alpha value is -2.28. The second kappa shape index (κ2) is 5.61. The summed E-state index contributed by atoms with van der Waals surface area (Å²) < 4.78 is 26.4. The van der Waals surface area contributed by atoms with Gasteiger partial charge in [0.25, 0.3) is 0 Å². The minimum absolute atomic E-state index is 0.0786. The molecule has 0 fully saturated rings. The van der Waals surface area contributed by atoms with Crippen LogP contribution in [0.1, 0.15) is 23.8 Å². The van der Waals surface area contributed by atoms with E-state index in [0.29, 0.717) is 0 Å². The molecule has 1 aromatic heterocycles. The van der Waals surface area contributed by atoms with Crippen molar-refractivity contribution < 1.29 is 18.0 Å². The SMILES string of the molecule is CC(=O)CC(=O)c1nn(C)cc1S(=O)(=O)c1ccccc1. The highest BCUT2D eigenvalue weighted by Crippen LogP contribution is 2.24. The summed E-state index contributed by atoms with van der Waals surface area (Å²) in [6.45, 7) is 1.27. The smallest absolute Gasteiger partial charge is 0.210 e. The summed E-state index contributed by atoms with van der Waals surface area (Å²) in [6.07, 6.45) is 0.907. The zero-order valence-electron chi connectivity index (χ0n) is 11.6. The third-order valence-electron chi connectivity index (χ3n) is 2.81. The molecule has 2 rings (SSSR count). The lowest BCUT2D eigenvalue weighted by molar-refractivity contribution is -0.116. The molecule has 0 N–H and O–H groups in total. The van der Waals surface area contributed by atoms with Crippen molar-refractivity contribution in [1.82, 2.24) is 9.78 Å². The lowest BCUT2D eigenvalue weighted by atomic mass is 10.2. The zero-order chi connectivity index (χ0) is 15.6. The first-order chi connectivity index (χ1) is 9.82. The molecule has 0 aliphatic heterocycles. The van der Waals surface area contributed by atoms with Crippen molar-refractivity contribution in [3.05, 3.63) is 42.2 Å². The molecule has 1 aromatic carbocycles. The Kier molecular flexibility index (Phi) is 4.04. The van der Waals surface area contributed by atoms with Crippen LogP contribution in [0.2, 0.25) is 0 Å². The summed E-state index contributed by atoms with van der Waals surface area (Å²) in [5.74, 6) is -0.939. The lowest BCUT2D eigenvalue weighted by Crippen LogP contribution is -2.11. The minimum atomic E-state index is -3.85. The van der Waals surface area contributed by atoms with Crippen molar-refractivity contribution in [1.29, 1.82) is 0 Å². The van der Waals surface area contributed by atoms with E-state index in [2.05, 4.69) is 5.10 Å². The number of rotatable bonds is 5. The van der Waals surface area contributed by atoms with Gasteiger partial charge in [-0.3, -0.25) is 14.3 Å². The highest BCUT2D eigenvalue weighted by Gasteiger charge is 2.28. The number of hydrogen-bond donors (Lipinski definition) is 0. The number of carbonyl (C=O) groups excluding carboxylic acids is 2. The van der Waals surface area contributed by atoms with E-state index in [1.54, 1.807) is 18.2 Å². The third kappa shape index (κ3) is 3.08. The van der Waals surface area contributed by atoms with Crippen LogP contribution in [0.25, 0.3) is 0 Å². The van der Waals surface area contributed by atoms with Crippen LogP contribution in [0.5, 0.6) is 0 Å². The number of benzene rings is 1. The van der Waals surface area contributed by atoms with Crippen LogP contribution in [0.3, 0.4) is 0 Å². The van der Waals surface area contributed by atoms with Gasteiger partial charge in [0.15, 0.2) is 5.78 Å². The maximum Gasteiger partial charge on any atom is 0.210 e. The van der Waals surface area contributed by atoms with Gasteiger partial charge < -0.3 is 0 Å². The molecule has 0 bridgehead atoms. The van der Waals surface area contributed by atoms with Crippen LogP contribution >= 0.6 is 0 Å². The number of carbonyl (C=O) groups is 2. The minimum Gasteiger partial charge on any atom is -0.300 e. The molecule has 0 saturated carbocycles. The van der Waals surface area contributed by atoms with Gasteiger partial charge in [-0.2, -0.15) is 5.10 Å². The van der Waals surface area contributed by atoms with Gasteiger partial charge in [0.1, 0.15) is 16.4 Å². The summed E-state index contributed by atoms with van der Waals surface area (Å²) in [7, 11) is -2.32. The van der Waals surface area contributed by atoms with E-state index < -0.39 is 15.6 Å². The average molecular weight is 306 g/mol. The molecule has 0 spiro atoms. The fourth-order valence-corrected chi connectivity index (χ4v) is 3.36. The molecule has 0 amide bonds. The molecule has 0 atom stereocenters. The monoisotopic (exact) mass is 306 g/mol. The predicted octanol–water partition coefficient (Wildman–Crippen LogP) is 1.41. The fourth-order valence-electron chi connectivity index (χ4n) is 1.89. The maximum atomic E-state index is 12.6. The summed E-state index contributed by atoms with van der Waals surface area (Å²) in [5.41, 5.74) is -0.198. The van der Waals surface area contributed by atoms with Crippen molar-refractivity contribution in [3.8, 4) is 0 Å². The first-order valence-corrected chi connectivity index (χ1v) is 7.67. The highest BCUT2D eigenvalue weighted by molar-refractivity contribution is 7.91. The van der Waals surface area contributed by atoms with Gasteiger partial charge in [-0.1, -0.05) is 18.2 Å². The molecule has 6 nitrogen and oxygen atoms in total. The Bertz CT molecular complexity index is 792. The summed E-state index contributed by atoms with van der Waals surface area (Å²) in [5, 5.41) is 3.89. The quantitative estimate of drug-likeness (QED) is 0.616. The van der Waals surface area contributed by atoms with E-state index in [0.717, 1.165) is 0 Å². The highest BCUT2D eigenvalue weighted by atomic mass is 32.2. The van der Waals surface area contributed by atoms with Crippen LogP contribution in [0, 0.1) is 0 Å². The molecule has 2 aromatic rings. The molecule has 110 valence electrons. The van der Waals surface area contributed by atoms with Crippen molar-refractivity contribution in [2.45, 2.75) is 23.1 Å². The number of hydrogen-bond acceptors (Lipinski definition) is 5. The fraction of sp³-hybridized carbons (Fsp3) is 0.214. The number of nitrogens with zero attached hydrogens (tertiary/aromatic N) is 2. The number of sulfone groups is 1. The molecule has 0 aliphatic carbocycles. The van der Waals surface area contributed by atoms with E-state index in [9.17, 15) is 18.0 Å². The van der Waals surface area contributed by atoms with Gasteiger partial charge in [0.2, 0.25) is 9.84 Å². The van der Waals surface area contributed by atoms with Gasteiger partial charge in [-0.15, -0.1) is 0 Å². The van der Waals surface area contributed by atoms with E-state index in [-0.39, 0.29) is 27.7 Å². The normalized spacial score (nSPS) is 11.3. The summed E-state index contributed by atoms with van der Waals surface area (Å²) in [6, 6.07) is 7.79.